The van der Waals surface area contributed by atoms with E-state index in [4.69, 9.17) is 14.2 Å². The molecule has 12 heteroatoms. The van der Waals surface area contributed by atoms with Crippen molar-refractivity contribution in [3.63, 3.8) is 0 Å². The van der Waals surface area contributed by atoms with Gasteiger partial charge >= 0.3 is 12.5 Å². The lowest BCUT2D eigenvalue weighted by Gasteiger charge is -2.32. The summed E-state index contributed by atoms with van der Waals surface area (Å²) >= 11 is 0. The normalized spacial score (nSPS) is 17.1. The topological polar surface area (TPSA) is 36.9 Å². The molecule has 1 heterocycles. The molecule has 250 valence electrons. The van der Waals surface area contributed by atoms with Crippen LogP contribution in [-0.4, -0.2) is 25.7 Å². The number of unbranched alkanes of at least 4 members (excludes halogenated alkanes) is 2. The van der Waals surface area contributed by atoms with E-state index in [0.29, 0.717) is 6.07 Å². The van der Waals surface area contributed by atoms with Crippen LogP contribution in [0, 0.1) is 17.5 Å². The van der Waals surface area contributed by atoms with E-state index in [1.54, 1.807) is 12.1 Å². The molecule has 0 radical (unpaired) electrons. The summed E-state index contributed by atoms with van der Waals surface area (Å²) in [6.07, 6.45) is -6.90. The Kier molecular flexibility index (Phi) is 10.5. The first kappa shape index (κ1) is 34.3. The Bertz CT molecular complexity index is 1670. The van der Waals surface area contributed by atoms with Gasteiger partial charge in [-0.1, -0.05) is 74.4 Å². The predicted octanol–water partition coefficient (Wildman–Crippen LogP) is 10.2. The zero-order valence-corrected chi connectivity index (χ0v) is 25.1. The van der Waals surface area contributed by atoms with Crippen molar-refractivity contribution in [2.75, 3.05) is 13.2 Å². The Hall–Kier alpha value is -4.00. The molecule has 4 aromatic rings. The number of hydrogen-bond donors (Lipinski definition) is 0. The number of hydrogen-bond acceptors (Lipinski definition) is 4. The molecule has 0 spiro atoms. The summed E-state index contributed by atoms with van der Waals surface area (Å²) in [5, 5.41) is 0. The zero-order valence-electron chi connectivity index (χ0n) is 25.1. The van der Waals surface area contributed by atoms with Crippen molar-refractivity contribution in [2.45, 2.75) is 57.5 Å². The number of benzene rings is 4. The molecule has 0 amide bonds. The minimum absolute atomic E-state index is 0.00680. The fourth-order valence-electron chi connectivity index (χ4n) is 5.17. The summed E-state index contributed by atoms with van der Waals surface area (Å²) in [5.74, 6) is -4.04. The summed E-state index contributed by atoms with van der Waals surface area (Å²) < 4.78 is 131. The van der Waals surface area contributed by atoms with Crippen LogP contribution in [-0.2, 0) is 26.7 Å². The maximum atomic E-state index is 15.2. The summed E-state index contributed by atoms with van der Waals surface area (Å²) in [6.45, 7) is 1.61. The van der Waals surface area contributed by atoms with Crippen LogP contribution in [0.4, 0.5) is 35.1 Å². The van der Waals surface area contributed by atoms with Gasteiger partial charge in [0, 0.05) is 16.7 Å². The third kappa shape index (κ3) is 8.68. The van der Waals surface area contributed by atoms with Gasteiger partial charge in [-0.2, -0.15) is 8.78 Å². The van der Waals surface area contributed by atoms with E-state index in [-0.39, 0.29) is 46.6 Å². The van der Waals surface area contributed by atoms with Gasteiger partial charge in [-0.15, -0.1) is 13.2 Å². The van der Waals surface area contributed by atoms with Crippen LogP contribution in [0.15, 0.2) is 78.9 Å². The number of alkyl halides is 5. The summed E-state index contributed by atoms with van der Waals surface area (Å²) in [6, 6.07) is 16.0. The van der Waals surface area contributed by atoms with E-state index in [0.717, 1.165) is 55.5 Å². The molecule has 1 saturated heterocycles. The first-order valence-corrected chi connectivity index (χ1v) is 14.9. The Morgan fingerprint density at radius 1 is 0.702 bits per heavy atom. The number of rotatable bonds is 11. The molecule has 0 unspecified atom stereocenters. The maximum Gasteiger partial charge on any atom is 0.573 e. The number of ether oxygens (including phenoxy) is 4. The maximum absolute atomic E-state index is 15.2. The quantitative estimate of drug-likeness (QED) is 0.118. The summed E-state index contributed by atoms with van der Waals surface area (Å²) in [4.78, 5) is 0. The monoisotopic (exact) mass is 666 g/mol. The van der Waals surface area contributed by atoms with Gasteiger partial charge in [-0.05, 0) is 53.8 Å². The second-order valence-electron chi connectivity index (χ2n) is 11.0. The molecule has 0 saturated carbocycles. The second-order valence-corrected chi connectivity index (χ2v) is 11.0. The van der Waals surface area contributed by atoms with Gasteiger partial charge in [-0.3, -0.25) is 0 Å². The molecule has 1 aliphatic heterocycles. The van der Waals surface area contributed by atoms with Crippen LogP contribution in [0.25, 0.3) is 22.3 Å². The highest BCUT2D eigenvalue weighted by atomic mass is 19.4. The van der Waals surface area contributed by atoms with Crippen LogP contribution >= 0.6 is 0 Å². The van der Waals surface area contributed by atoms with Gasteiger partial charge in [0.25, 0.3) is 0 Å². The summed E-state index contributed by atoms with van der Waals surface area (Å²) in [7, 11) is 0. The Balaban J connectivity index is 1.20. The second kappa shape index (κ2) is 14.4. The first-order valence-electron chi connectivity index (χ1n) is 14.9. The average Bonchev–Trinajstić information content (AvgIpc) is 3.02. The molecular weight excluding hydrogens is 636 g/mol. The van der Waals surface area contributed by atoms with Crippen LogP contribution in [0.1, 0.15) is 49.2 Å². The highest BCUT2D eigenvalue weighted by Gasteiger charge is 2.38. The van der Waals surface area contributed by atoms with Crippen molar-refractivity contribution in [2.24, 2.45) is 0 Å². The summed E-state index contributed by atoms with van der Waals surface area (Å²) in [5.41, 5.74) is 0.878. The molecule has 5 rings (SSSR count). The average molecular weight is 667 g/mol. The molecule has 0 atom stereocenters. The standard InChI is InChI=1S/C35H30F8O4/c1-2-3-4-5-21-6-11-25(12-7-21)34(39,40)46-26-19-44-33(45-20-26)24-9-14-28(30(37)18-24)22-8-13-27(29(36)16-22)23-10-15-32(31(38)17-23)47-35(41,42)43/h6-18,26,33H,2-5,19-20H2,1H3. The zero-order chi connectivity index (χ0) is 33.8. The van der Waals surface area contributed by atoms with Crippen molar-refractivity contribution < 1.29 is 54.1 Å². The van der Waals surface area contributed by atoms with Crippen molar-refractivity contribution >= 4 is 0 Å². The molecule has 0 aliphatic carbocycles. The lowest BCUT2D eigenvalue weighted by Crippen LogP contribution is -2.38. The van der Waals surface area contributed by atoms with Gasteiger partial charge in [0.05, 0.1) is 18.8 Å². The van der Waals surface area contributed by atoms with Crippen molar-refractivity contribution in [3.05, 3.63) is 113 Å². The van der Waals surface area contributed by atoms with Crippen LogP contribution < -0.4 is 4.74 Å². The van der Waals surface area contributed by atoms with Gasteiger partial charge < -0.3 is 18.9 Å². The molecule has 4 nitrogen and oxygen atoms in total. The van der Waals surface area contributed by atoms with E-state index in [2.05, 4.69) is 11.7 Å². The third-order valence-corrected chi connectivity index (χ3v) is 7.55. The highest BCUT2D eigenvalue weighted by molar-refractivity contribution is 5.72. The van der Waals surface area contributed by atoms with E-state index in [9.17, 15) is 26.3 Å². The van der Waals surface area contributed by atoms with E-state index in [1.165, 1.54) is 36.4 Å². The smallest absolute Gasteiger partial charge is 0.403 e. The fraction of sp³-hybridized carbons (Fsp3) is 0.314. The number of aryl methyl sites for hydroxylation is 1. The Morgan fingerprint density at radius 2 is 1.30 bits per heavy atom. The first-order chi connectivity index (χ1) is 22.3. The molecule has 0 aromatic heterocycles. The fourth-order valence-corrected chi connectivity index (χ4v) is 5.17. The van der Waals surface area contributed by atoms with Gasteiger partial charge in [0.2, 0.25) is 0 Å². The van der Waals surface area contributed by atoms with Gasteiger partial charge in [-0.25, -0.2) is 13.2 Å². The van der Waals surface area contributed by atoms with Crippen LogP contribution in [0.5, 0.6) is 5.75 Å². The number of halogens is 8. The lowest BCUT2D eigenvalue weighted by atomic mass is 9.98. The molecule has 0 N–H and O–H groups in total. The highest BCUT2D eigenvalue weighted by Crippen LogP contribution is 2.36. The molecule has 1 aliphatic rings. The van der Waals surface area contributed by atoms with Crippen LogP contribution in [0.2, 0.25) is 0 Å². The van der Waals surface area contributed by atoms with Gasteiger partial charge in [0.15, 0.2) is 17.9 Å². The van der Waals surface area contributed by atoms with Gasteiger partial charge in [0.1, 0.15) is 17.7 Å². The lowest BCUT2D eigenvalue weighted by molar-refractivity contribution is -0.320. The van der Waals surface area contributed by atoms with Crippen molar-refractivity contribution in [1.29, 1.82) is 0 Å². The third-order valence-electron chi connectivity index (χ3n) is 7.55. The predicted molar refractivity (Wildman–Crippen MR) is 157 cm³/mol. The molecular formula is C35H30F8O4. The van der Waals surface area contributed by atoms with E-state index < -0.39 is 48.1 Å². The molecule has 4 aromatic carbocycles. The Morgan fingerprint density at radius 3 is 1.87 bits per heavy atom. The van der Waals surface area contributed by atoms with E-state index in [1.807, 2.05) is 0 Å². The molecule has 0 bridgehead atoms. The van der Waals surface area contributed by atoms with E-state index >= 15 is 8.78 Å². The molecule has 1 fully saturated rings. The molecule has 47 heavy (non-hydrogen) atoms. The van der Waals surface area contributed by atoms with Crippen molar-refractivity contribution in [1.82, 2.24) is 0 Å². The minimum atomic E-state index is -5.10. The SMILES string of the molecule is CCCCCc1ccc(C(F)(F)OC2COC(c3ccc(-c4ccc(-c5ccc(OC(F)(F)F)c(F)c5)c(F)c4)c(F)c3)OC2)cc1. The minimum Gasteiger partial charge on any atom is -0.403 e. The van der Waals surface area contributed by atoms with Crippen molar-refractivity contribution in [3.8, 4) is 28.0 Å². The largest absolute Gasteiger partial charge is 0.573 e. The Labute approximate surface area is 265 Å². The van der Waals surface area contributed by atoms with Crippen LogP contribution in [0.3, 0.4) is 0 Å².